The van der Waals surface area contributed by atoms with Gasteiger partial charge in [-0.25, -0.2) is 4.79 Å². The Morgan fingerprint density at radius 2 is 2.17 bits per heavy atom. The third-order valence-corrected chi connectivity index (χ3v) is 6.38. The van der Waals surface area contributed by atoms with Gasteiger partial charge in [-0.1, -0.05) is 6.92 Å². The van der Waals surface area contributed by atoms with E-state index >= 15 is 0 Å². The molecule has 0 spiro atoms. The lowest BCUT2D eigenvalue weighted by atomic mass is 9.95. The van der Waals surface area contributed by atoms with E-state index in [1.54, 1.807) is 11.3 Å². The lowest BCUT2D eigenvalue weighted by Crippen LogP contribution is -2.41. The lowest BCUT2D eigenvalue weighted by Gasteiger charge is -2.33. The van der Waals surface area contributed by atoms with Gasteiger partial charge in [0.1, 0.15) is 5.00 Å². The number of anilines is 1. The minimum atomic E-state index is -0.214. The minimum Gasteiger partial charge on any atom is -0.462 e. The molecule has 2 heterocycles. The SMILES string of the molecule is CCOC(=O)c1c(NC(=S)N2CCCC(C)C2)sc2c1CCCC2. The molecule has 0 aromatic carbocycles. The smallest absolute Gasteiger partial charge is 0.341 e. The molecule has 0 saturated carbocycles. The number of hydrogen-bond donors (Lipinski definition) is 1. The molecule has 132 valence electrons. The second kappa shape index (κ2) is 7.83. The lowest BCUT2D eigenvalue weighted by molar-refractivity contribution is 0.0526. The van der Waals surface area contributed by atoms with Gasteiger partial charge in [0.15, 0.2) is 5.11 Å². The number of rotatable bonds is 3. The maximum absolute atomic E-state index is 12.5. The molecule has 3 rings (SSSR count). The van der Waals surface area contributed by atoms with E-state index in [0.29, 0.717) is 12.5 Å². The summed E-state index contributed by atoms with van der Waals surface area (Å²) >= 11 is 7.31. The van der Waals surface area contributed by atoms with Gasteiger partial charge in [-0.3, -0.25) is 0 Å². The van der Waals surface area contributed by atoms with Crippen LogP contribution in [-0.2, 0) is 17.6 Å². The van der Waals surface area contributed by atoms with Gasteiger partial charge in [0.2, 0.25) is 0 Å². The zero-order chi connectivity index (χ0) is 17.1. The Hall–Kier alpha value is -1.14. The molecule has 1 saturated heterocycles. The molecular weight excluding hydrogens is 340 g/mol. The van der Waals surface area contributed by atoms with Crippen molar-refractivity contribution in [1.29, 1.82) is 0 Å². The molecule has 1 atom stereocenters. The Labute approximate surface area is 153 Å². The van der Waals surface area contributed by atoms with Crippen LogP contribution >= 0.6 is 23.6 Å². The van der Waals surface area contributed by atoms with Crippen LogP contribution < -0.4 is 5.32 Å². The first kappa shape index (κ1) is 17.7. The summed E-state index contributed by atoms with van der Waals surface area (Å²) in [4.78, 5) is 16.1. The number of fused-ring (bicyclic) bond motifs is 1. The maximum Gasteiger partial charge on any atom is 0.341 e. The maximum atomic E-state index is 12.5. The number of thiocarbonyl (C=S) groups is 1. The summed E-state index contributed by atoms with van der Waals surface area (Å²) in [6, 6.07) is 0. The Morgan fingerprint density at radius 3 is 2.92 bits per heavy atom. The van der Waals surface area contributed by atoms with E-state index in [9.17, 15) is 4.79 Å². The van der Waals surface area contributed by atoms with Gasteiger partial charge in [-0.2, -0.15) is 0 Å². The molecule has 1 fully saturated rings. The largest absolute Gasteiger partial charge is 0.462 e. The number of likely N-dealkylation sites (tertiary alicyclic amines) is 1. The van der Waals surface area contributed by atoms with Gasteiger partial charge >= 0.3 is 5.97 Å². The van der Waals surface area contributed by atoms with E-state index in [1.165, 1.54) is 29.7 Å². The fourth-order valence-corrected chi connectivity index (χ4v) is 5.23. The van der Waals surface area contributed by atoms with Crippen LogP contribution in [-0.4, -0.2) is 35.7 Å². The first-order valence-electron chi connectivity index (χ1n) is 8.97. The second-order valence-electron chi connectivity index (χ2n) is 6.76. The van der Waals surface area contributed by atoms with Crippen molar-refractivity contribution in [3.8, 4) is 0 Å². The number of piperidine rings is 1. The third kappa shape index (κ3) is 3.75. The normalized spacial score (nSPS) is 20.4. The van der Waals surface area contributed by atoms with E-state index < -0.39 is 0 Å². The molecule has 0 amide bonds. The van der Waals surface area contributed by atoms with Crippen molar-refractivity contribution in [2.75, 3.05) is 25.0 Å². The average molecular weight is 367 g/mol. The first-order chi connectivity index (χ1) is 11.6. The molecule has 2 aliphatic rings. The Bertz CT molecular complexity index is 627. The first-order valence-corrected chi connectivity index (χ1v) is 10.2. The molecule has 24 heavy (non-hydrogen) atoms. The Kier molecular flexibility index (Phi) is 5.76. The summed E-state index contributed by atoms with van der Waals surface area (Å²) in [6.45, 7) is 6.50. The summed E-state index contributed by atoms with van der Waals surface area (Å²) in [5, 5.41) is 4.99. The zero-order valence-electron chi connectivity index (χ0n) is 14.5. The van der Waals surface area contributed by atoms with Crippen LogP contribution in [0.1, 0.15) is 60.3 Å². The summed E-state index contributed by atoms with van der Waals surface area (Å²) in [5.74, 6) is 0.453. The molecule has 1 aromatic heterocycles. The molecule has 0 radical (unpaired) electrons. The highest BCUT2D eigenvalue weighted by Crippen LogP contribution is 2.38. The molecule has 1 aromatic rings. The predicted molar refractivity (Wildman–Crippen MR) is 103 cm³/mol. The molecule has 1 unspecified atom stereocenters. The fourth-order valence-electron chi connectivity index (χ4n) is 3.62. The number of esters is 1. The van der Waals surface area contributed by atoms with Gasteiger partial charge in [0.25, 0.3) is 0 Å². The number of nitrogens with one attached hydrogen (secondary N) is 1. The van der Waals surface area contributed by atoms with Crippen molar-refractivity contribution >= 4 is 39.6 Å². The molecule has 1 N–H and O–H groups in total. The van der Waals surface area contributed by atoms with Gasteiger partial charge in [0.05, 0.1) is 12.2 Å². The molecular formula is C18H26N2O2S2. The van der Waals surface area contributed by atoms with Crippen LogP contribution in [0.5, 0.6) is 0 Å². The van der Waals surface area contributed by atoms with E-state index in [4.69, 9.17) is 17.0 Å². The van der Waals surface area contributed by atoms with Crippen molar-refractivity contribution in [3.63, 3.8) is 0 Å². The van der Waals surface area contributed by atoms with E-state index in [2.05, 4.69) is 17.1 Å². The summed E-state index contributed by atoms with van der Waals surface area (Å²) < 4.78 is 5.31. The van der Waals surface area contributed by atoms with Crippen LogP contribution in [0.15, 0.2) is 0 Å². The summed E-state index contributed by atoms with van der Waals surface area (Å²) in [6.07, 6.45) is 6.80. The molecule has 1 aliphatic heterocycles. The van der Waals surface area contributed by atoms with Gasteiger partial charge in [-0.05, 0) is 69.1 Å². The van der Waals surface area contributed by atoms with Crippen LogP contribution in [0.4, 0.5) is 5.00 Å². The summed E-state index contributed by atoms with van der Waals surface area (Å²) in [5.41, 5.74) is 1.91. The average Bonchev–Trinajstić information content (AvgIpc) is 2.93. The van der Waals surface area contributed by atoms with Crippen LogP contribution in [0.25, 0.3) is 0 Å². The molecule has 4 nitrogen and oxygen atoms in total. The van der Waals surface area contributed by atoms with E-state index in [0.717, 1.165) is 48.0 Å². The number of aryl methyl sites for hydroxylation is 1. The number of carbonyl (C=O) groups is 1. The van der Waals surface area contributed by atoms with Gasteiger partial charge < -0.3 is 15.0 Å². The number of carbonyl (C=O) groups excluding carboxylic acids is 1. The van der Waals surface area contributed by atoms with E-state index in [1.807, 2.05) is 6.92 Å². The Balaban J connectivity index is 1.82. The highest BCUT2D eigenvalue weighted by molar-refractivity contribution is 7.80. The van der Waals surface area contributed by atoms with E-state index in [-0.39, 0.29) is 5.97 Å². The number of ether oxygens (including phenoxy) is 1. The quantitative estimate of drug-likeness (QED) is 0.640. The number of hydrogen-bond acceptors (Lipinski definition) is 4. The Morgan fingerprint density at radius 1 is 1.38 bits per heavy atom. The third-order valence-electron chi connectivity index (χ3n) is 4.82. The van der Waals surface area contributed by atoms with Crippen LogP contribution in [0.3, 0.4) is 0 Å². The van der Waals surface area contributed by atoms with Crippen LogP contribution in [0, 0.1) is 5.92 Å². The minimum absolute atomic E-state index is 0.214. The molecule has 6 heteroatoms. The van der Waals surface area contributed by atoms with Crippen molar-refractivity contribution < 1.29 is 9.53 Å². The van der Waals surface area contributed by atoms with Crippen molar-refractivity contribution in [1.82, 2.24) is 4.90 Å². The second-order valence-corrected chi connectivity index (χ2v) is 8.25. The standard InChI is InChI=1S/C18H26N2O2S2/c1-3-22-17(21)15-13-8-4-5-9-14(13)24-16(15)19-18(23)20-10-6-7-12(2)11-20/h12H,3-11H2,1-2H3,(H,19,23). The van der Waals surface area contributed by atoms with Crippen molar-refractivity contribution in [2.24, 2.45) is 5.92 Å². The van der Waals surface area contributed by atoms with Gasteiger partial charge in [-0.15, -0.1) is 11.3 Å². The topological polar surface area (TPSA) is 41.6 Å². The highest BCUT2D eigenvalue weighted by Gasteiger charge is 2.28. The monoisotopic (exact) mass is 366 g/mol. The number of thiophene rings is 1. The zero-order valence-corrected chi connectivity index (χ0v) is 16.2. The fraction of sp³-hybridized carbons (Fsp3) is 0.667. The van der Waals surface area contributed by atoms with Gasteiger partial charge in [0, 0.05) is 18.0 Å². The molecule has 1 aliphatic carbocycles. The highest BCUT2D eigenvalue weighted by atomic mass is 32.1. The number of nitrogens with zero attached hydrogens (tertiary/aromatic N) is 1. The van der Waals surface area contributed by atoms with Crippen molar-refractivity contribution in [2.45, 2.75) is 52.4 Å². The predicted octanol–water partition coefficient (Wildman–Crippen LogP) is 4.23. The summed E-state index contributed by atoms with van der Waals surface area (Å²) in [7, 11) is 0. The van der Waals surface area contributed by atoms with Crippen molar-refractivity contribution in [3.05, 3.63) is 16.0 Å². The van der Waals surface area contributed by atoms with Crippen LogP contribution in [0.2, 0.25) is 0 Å². The molecule has 0 bridgehead atoms.